The minimum absolute atomic E-state index is 0.0877. The minimum Gasteiger partial charge on any atom is -0.395 e. The maximum Gasteiger partial charge on any atom is 0.405 e. The van der Waals surface area contributed by atoms with Gasteiger partial charge in [-0.15, -0.1) is 0 Å². The number of nitrogens with zero attached hydrogens (tertiary/aromatic N) is 1. The second-order valence-electron chi connectivity index (χ2n) is 4.26. The lowest BCUT2D eigenvalue weighted by molar-refractivity contribution is -0.119. The van der Waals surface area contributed by atoms with E-state index in [-0.39, 0.29) is 19.2 Å². The Balaban J connectivity index is 3.02. The normalized spacial score (nSPS) is 13.4. The van der Waals surface area contributed by atoms with Gasteiger partial charge in [-0.05, 0) is 40.5 Å². The van der Waals surface area contributed by atoms with E-state index in [9.17, 15) is 13.2 Å². The first kappa shape index (κ1) is 16.3. The average molecular weight is 341 g/mol. The lowest BCUT2D eigenvalue weighted by Gasteiger charge is -2.26. The van der Waals surface area contributed by atoms with Crippen molar-refractivity contribution in [1.29, 1.82) is 0 Å². The number of aliphatic hydroxyl groups excluding tert-OH is 1. The number of alkyl halides is 3. The molecule has 0 aliphatic carbocycles. The smallest absolute Gasteiger partial charge is 0.395 e. The summed E-state index contributed by atoms with van der Waals surface area (Å²) in [5.41, 5.74) is 6.93. The zero-order chi connectivity index (χ0) is 14.6. The van der Waals surface area contributed by atoms with Crippen molar-refractivity contribution in [3.8, 4) is 0 Å². The van der Waals surface area contributed by atoms with Crippen LogP contribution in [0, 0.1) is 0 Å². The van der Waals surface area contributed by atoms with E-state index in [0.29, 0.717) is 10.2 Å². The van der Waals surface area contributed by atoms with E-state index in [0.717, 1.165) is 10.5 Å². The van der Waals surface area contributed by atoms with E-state index >= 15 is 0 Å². The van der Waals surface area contributed by atoms with Crippen LogP contribution in [0.1, 0.15) is 18.5 Å². The van der Waals surface area contributed by atoms with Gasteiger partial charge < -0.3 is 15.7 Å². The van der Waals surface area contributed by atoms with Gasteiger partial charge in [0.05, 0.1) is 12.3 Å². The van der Waals surface area contributed by atoms with Gasteiger partial charge in [0.1, 0.15) is 6.54 Å². The highest BCUT2D eigenvalue weighted by Gasteiger charge is 2.31. The molecule has 0 spiro atoms. The lowest BCUT2D eigenvalue weighted by atomic mass is 10.1. The maximum atomic E-state index is 12.5. The van der Waals surface area contributed by atoms with Gasteiger partial charge in [0.15, 0.2) is 0 Å². The molecule has 0 fully saturated rings. The van der Waals surface area contributed by atoms with Crippen molar-refractivity contribution in [2.75, 3.05) is 24.6 Å². The van der Waals surface area contributed by atoms with E-state index < -0.39 is 12.7 Å². The summed E-state index contributed by atoms with van der Waals surface area (Å²) in [6.45, 7) is 0.250. The van der Waals surface area contributed by atoms with Crippen molar-refractivity contribution in [1.82, 2.24) is 0 Å². The molecule has 108 valence electrons. The molecule has 3 N–H and O–H groups in total. The van der Waals surface area contributed by atoms with Crippen LogP contribution in [0.25, 0.3) is 0 Å². The van der Waals surface area contributed by atoms with Gasteiger partial charge in [-0.1, -0.05) is 6.07 Å². The summed E-state index contributed by atoms with van der Waals surface area (Å²) in [6.07, 6.45) is -4.32. The van der Waals surface area contributed by atoms with Crippen LogP contribution in [-0.2, 0) is 0 Å². The summed E-state index contributed by atoms with van der Waals surface area (Å²) in [6, 6.07) is 4.76. The molecule has 0 aliphatic heterocycles. The third-order valence-corrected chi connectivity index (χ3v) is 3.21. The van der Waals surface area contributed by atoms with Crippen LogP contribution in [0.4, 0.5) is 18.9 Å². The predicted octanol–water partition coefficient (Wildman–Crippen LogP) is 2.83. The molecule has 19 heavy (non-hydrogen) atoms. The largest absolute Gasteiger partial charge is 0.405 e. The topological polar surface area (TPSA) is 49.5 Å². The first-order valence-electron chi connectivity index (χ1n) is 5.72. The van der Waals surface area contributed by atoms with E-state index in [1.54, 1.807) is 25.1 Å². The molecule has 0 aromatic heterocycles. The summed E-state index contributed by atoms with van der Waals surface area (Å²) in [7, 11) is 0. The second kappa shape index (κ2) is 6.58. The molecule has 0 bridgehead atoms. The molecule has 7 heteroatoms. The first-order chi connectivity index (χ1) is 8.74. The molecular weight excluding hydrogens is 325 g/mol. The Hall–Kier alpha value is -0.790. The molecule has 0 saturated heterocycles. The molecule has 1 aromatic carbocycles. The van der Waals surface area contributed by atoms with Crippen LogP contribution < -0.4 is 10.6 Å². The fourth-order valence-electron chi connectivity index (χ4n) is 1.68. The maximum absolute atomic E-state index is 12.5. The average Bonchev–Trinajstić information content (AvgIpc) is 2.26. The van der Waals surface area contributed by atoms with Gasteiger partial charge in [-0.25, -0.2) is 0 Å². The van der Waals surface area contributed by atoms with Crippen molar-refractivity contribution >= 4 is 21.6 Å². The SMILES string of the molecule is C[C@H](N)c1ccc(N(CCO)CC(F)(F)F)c(Br)c1. The summed E-state index contributed by atoms with van der Waals surface area (Å²) in [5, 5.41) is 8.88. The third kappa shape index (κ3) is 5.00. The standard InChI is InChI=1S/C12H16BrF3N2O/c1-8(17)9-2-3-11(10(13)6-9)18(4-5-19)7-12(14,15)16/h2-3,6,8,19H,4-5,7,17H2,1H3/t8-/m0/s1. The molecule has 0 unspecified atom stereocenters. The van der Waals surface area contributed by atoms with E-state index in [1.807, 2.05) is 0 Å². The van der Waals surface area contributed by atoms with Crippen molar-refractivity contribution < 1.29 is 18.3 Å². The van der Waals surface area contributed by atoms with Crippen LogP contribution in [-0.4, -0.2) is 31.0 Å². The Kier molecular flexibility index (Phi) is 5.64. The molecule has 1 rings (SSSR count). The fraction of sp³-hybridized carbons (Fsp3) is 0.500. The van der Waals surface area contributed by atoms with Crippen molar-refractivity contribution in [3.05, 3.63) is 28.2 Å². The van der Waals surface area contributed by atoms with Crippen LogP contribution >= 0.6 is 15.9 Å². The summed E-state index contributed by atoms with van der Waals surface area (Å²) in [5.74, 6) is 0. The molecule has 0 amide bonds. The van der Waals surface area contributed by atoms with Gasteiger partial charge in [0.2, 0.25) is 0 Å². The number of anilines is 1. The van der Waals surface area contributed by atoms with Crippen LogP contribution in [0.2, 0.25) is 0 Å². The van der Waals surface area contributed by atoms with Crippen molar-refractivity contribution in [2.45, 2.75) is 19.1 Å². The van der Waals surface area contributed by atoms with Crippen molar-refractivity contribution in [2.24, 2.45) is 5.73 Å². The Morgan fingerprint density at radius 1 is 1.42 bits per heavy atom. The lowest BCUT2D eigenvalue weighted by Crippen LogP contribution is -2.36. The Morgan fingerprint density at radius 2 is 2.05 bits per heavy atom. The van der Waals surface area contributed by atoms with Crippen LogP contribution in [0.3, 0.4) is 0 Å². The number of aliphatic hydroxyl groups is 1. The fourth-order valence-corrected chi connectivity index (χ4v) is 2.33. The van der Waals surface area contributed by atoms with Crippen molar-refractivity contribution in [3.63, 3.8) is 0 Å². The minimum atomic E-state index is -4.32. The number of halogens is 4. The number of rotatable bonds is 5. The van der Waals surface area contributed by atoms with E-state index in [4.69, 9.17) is 10.8 Å². The zero-order valence-corrected chi connectivity index (χ0v) is 12.0. The summed E-state index contributed by atoms with van der Waals surface area (Å²) < 4.78 is 38.0. The highest BCUT2D eigenvalue weighted by molar-refractivity contribution is 9.10. The molecule has 0 saturated carbocycles. The number of benzene rings is 1. The molecule has 0 heterocycles. The Bertz CT molecular complexity index is 424. The quantitative estimate of drug-likeness (QED) is 0.866. The molecule has 1 aromatic rings. The highest BCUT2D eigenvalue weighted by atomic mass is 79.9. The van der Waals surface area contributed by atoms with Gasteiger partial charge in [0, 0.05) is 17.1 Å². The number of hydrogen-bond donors (Lipinski definition) is 2. The molecule has 0 radical (unpaired) electrons. The monoisotopic (exact) mass is 340 g/mol. The zero-order valence-electron chi connectivity index (χ0n) is 10.4. The van der Waals surface area contributed by atoms with Gasteiger partial charge in [0.25, 0.3) is 0 Å². The van der Waals surface area contributed by atoms with Crippen LogP contribution in [0.15, 0.2) is 22.7 Å². The molecule has 1 atom stereocenters. The van der Waals surface area contributed by atoms with E-state index in [1.165, 1.54) is 0 Å². The molecule has 3 nitrogen and oxygen atoms in total. The Morgan fingerprint density at radius 3 is 2.47 bits per heavy atom. The predicted molar refractivity (Wildman–Crippen MR) is 72.1 cm³/mol. The third-order valence-electron chi connectivity index (χ3n) is 2.58. The van der Waals surface area contributed by atoms with Gasteiger partial charge >= 0.3 is 6.18 Å². The molecular formula is C12H16BrF3N2O. The van der Waals surface area contributed by atoms with E-state index in [2.05, 4.69) is 15.9 Å². The number of hydrogen-bond acceptors (Lipinski definition) is 3. The highest BCUT2D eigenvalue weighted by Crippen LogP contribution is 2.31. The first-order valence-corrected chi connectivity index (χ1v) is 6.51. The van der Waals surface area contributed by atoms with Gasteiger partial charge in [-0.2, -0.15) is 13.2 Å². The number of nitrogens with two attached hydrogens (primary N) is 1. The summed E-state index contributed by atoms with van der Waals surface area (Å²) >= 11 is 3.25. The Labute approximate surface area is 118 Å². The second-order valence-corrected chi connectivity index (χ2v) is 5.11. The molecule has 0 aliphatic rings. The van der Waals surface area contributed by atoms with Crippen LogP contribution in [0.5, 0.6) is 0 Å². The van der Waals surface area contributed by atoms with Gasteiger partial charge in [-0.3, -0.25) is 0 Å². The summed E-state index contributed by atoms with van der Waals surface area (Å²) in [4.78, 5) is 1.08.